The molecule has 4 rings (SSSR count). The van der Waals surface area contributed by atoms with Gasteiger partial charge in [-0.25, -0.2) is 4.98 Å². The van der Waals surface area contributed by atoms with E-state index in [0.717, 1.165) is 50.0 Å². The lowest BCUT2D eigenvalue weighted by Crippen LogP contribution is -2.46. The van der Waals surface area contributed by atoms with Crippen LogP contribution < -0.4 is 4.90 Å². The number of carbonyl (C=O) groups is 1. The summed E-state index contributed by atoms with van der Waals surface area (Å²) in [6, 6.07) is 6.47. The van der Waals surface area contributed by atoms with Crippen molar-refractivity contribution in [2.45, 2.75) is 51.0 Å². The van der Waals surface area contributed by atoms with Crippen molar-refractivity contribution in [1.29, 1.82) is 0 Å². The molecule has 0 radical (unpaired) electrons. The third-order valence-electron chi connectivity index (χ3n) is 6.70. The van der Waals surface area contributed by atoms with Gasteiger partial charge in [-0.05, 0) is 62.0 Å². The zero-order chi connectivity index (χ0) is 16.5. The number of carbonyl (C=O) groups excluding carboxylic acids is 1. The second-order valence-electron chi connectivity index (χ2n) is 8.05. The Balaban J connectivity index is 1.28. The maximum Gasteiger partial charge on any atom is 0.222 e. The van der Waals surface area contributed by atoms with Crippen molar-refractivity contribution >= 4 is 11.7 Å². The van der Waals surface area contributed by atoms with Gasteiger partial charge in [-0.1, -0.05) is 12.5 Å². The molecule has 1 aromatic rings. The Bertz CT molecular complexity index is 568. The summed E-state index contributed by atoms with van der Waals surface area (Å²) in [5.41, 5.74) is 0. The highest BCUT2D eigenvalue weighted by Crippen LogP contribution is 2.49. The van der Waals surface area contributed by atoms with Gasteiger partial charge in [0.05, 0.1) is 0 Å². The smallest absolute Gasteiger partial charge is 0.222 e. The van der Waals surface area contributed by atoms with Crippen LogP contribution in [0.15, 0.2) is 24.4 Å². The van der Waals surface area contributed by atoms with Crippen LogP contribution >= 0.6 is 0 Å². The number of aromatic nitrogens is 1. The molecule has 0 spiro atoms. The highest BCUT2D eigenvalue weighted by atomic mass is 16.2. The van der Waals surface area contributed by atoms with Gasteiger partial charge in [0.25, 0.3) is 0 Å². The zero-order valence-corrected chi connectivity index (χ0v) is 14.7. The van der Waals surface area contributed by atoms with Crippen LogP contribution in [0.4, 0.5) is 5.82 Å². The predicted molar refractivity (Wildman–Crippen MR) is 95.8 cm³/mol. The summed E-state index contributed by atoms with van der Waals surface area (Å²) >= 11 is 0. The van der Waals surface area contributed by atoms with Crippen LogP contribution in [-0.4, -0.2) is 42.0 Å². The highest BCUT2D eigenvalue weighted by molar-refractivity contribution is 5.76. The zero-order valence-electron chi connectivity index (χ0n) is 14.7. The number of pyridine rings is 1. The lowest BCUT2D eigenvalue weighted by atomic mass is 9.86. The molecule has 3 aliphatic rings. The normalized spacial score (nSPS) is 29.9. The van der Waals surface area contributed by atoms with E-state index in [1.165, 1.54) is 25.7 Å². The molecule has 24 heavy (non-hydrogen) atoms. The summed E-state index contributed by atoms with van der Waals surface area (Å²) in [7, 11) is 2.02. The molecule has 2 saturated carbocycles. The Morgan fingerprint density at radius 2 is 2.04 bits per heavy atom. The minimum atomic E-state index is 0.379. The molecule has 4 nitrogen and oxygen atoms in total. The molecule has 130 valence electrons. The number of rotatable bonds is 4. The number of hydrogen-bond donors (Lipinski definition) is 0. The first-order chi connectivity index (χ1) is 11.7. The Morgan fingerprint density at radius 1 is 1.21 bits per heavy atom. The Labute approximate surface area is 145 Å². The van der Waals surface area contributed by atoms with Crippen LogP contribution in [0.2, 0.25) is 0 Å². The first-order valence-corrected chi connectivity index (χ1v) is 9.62. The van der Waals surface area contributed by atoms with Crippen molar-refractivity contribution < 1.29 is 4.79 Å². The minimum Gasteiger partial charge on any atom is -0.356 e. The average molecular weight is 327 g/mol. The Hall–Kier alpha value is -1.58. The van der Waals surface area contributed by atoms with Crippen LogP contribution in [0.3, 0.4) is 0 Å². The molecule has 2 heterocycles. The molecule has 1 aliphatic heterocycles. The van der Waals surface area contributed by atoms with E-state index in [9.17, 15) is 4.79 Å². The van der Waals surface area contributed by atoms with Crippen LogP contribution in [0.5, 0.6) is 0 Å². The molecule has 0 unspecified atom stereocenters. The molecule has 2 bridgehead atoms. The quantitative estimate of drug-likeness (QED) is 0.851. The Kier molecular flexibility index (Phi) is 4.47. The van der Waals surface area contributed by atoms with Crippen LogP contribution in [0.1, 0.15) is 44.9 Å². The van der Waals surface area contributed by atoms with Gasteiger partial charge < -0.3 is 9.80 Å². The van der Waals surface area contributed by atoms with Crippen LogP contribution in [0, 0.1) is 17.8 Å². The van der Waals surface area contributed by atoms with E-state index >= 15 is 0 Å². The average Bonchev–Trinajstić information content (AvgIpc) is 3.25. The molecule has 4 heteroatoms. The number of piperidine rings is 1. The summed E-state index contributed by atoms with van der Waals surface area (Å²) in [5.74, 6) is 3.89. The number of fused-ring (bicyclic) bond motifs is 2. The van der Waals surface area contributed by atoms with Gasteiger partial charge in [0.2, 0.25) is 5.91 Å². The number of amides is 1. The third kappa shape index (κ3) is 3.15. The van der Waals surface area contributed by atoms with Gasteiger partial charge in [0.1, 0.15) is 5.82 Å². The fraction of sp³-hybridized carbons (Fsp3) is 0.700. The number of nitrogens with zero attached hydrogens (tertiary/aromatic N) is 3. The topological polar surface area (TPSA) is 36.4 Å². The van der Waals surface area contributed by atoms with Gasteiger partial charge in [-0.15, -0.1) is 0 Å². The van der Waals surface area contributed by atoms with E-state index in [1.807, 2.05) is 25.4 Å². The summed E-state index contributed by atoms with van der Waals surface area (Å²) in [5, 5.41) is 0. The molecular weight excluding hydrogens is 298 g/mol. The molecule has 1 amide bonds. The van der Waals surface area contributed by atoms with E-state index in [-0.39, 0.29) is 0 Å². The summed E-state index contributed by atoms with van der Waals surface area (Å²) in [4.78, 5) is 21.6. The van der Waals surface area contributed by atoms with E-state index in [1.54, 1.807) is 0 Å². The molecule has 3 atom stereocenters. The minimum absolute atomic E-state index is 0.379. The van der Waals surface area contributed by atoms with Crippen LogP contribution in [-0.2, 0) is 4.79 Å². The first-order valence-electron chi connectivity index (χ1n) is 9.62. The van der Waals surface area contributed by atoms with Gasteiger partial charge >= 0.3 is 0 Å². The van der Waals surface area contributed by atoms with E-state index in [4.69, 9.17) is 0 Å². The van der Waals surface area contributed by atoms with Gasteiger partial charge in [0, 0.05) is 38.8 Å². The monoisotopic (exact) mass is 327 g/mol. The molecule has 0 N–H and O–H groups in total. The second kappa shape index (κ2) is 6.73. The van der Waals surface area contributed by atoms with Crippen molar-refractivity contribution in [2.75, 3.05) is 25.0 Å². The van der Waals surface area contributed by atoms with Crippen molar-refractivity contribution in [3.8, 4) is 0 Å². The molecule has 2 aliphatic carbocycles. The number of hydrogen-bond acceptors (Lipinski definition) is 3. The maximum atomic E-state index is 12.7. The van der Waals surface area contributed by atoms with Crippen LogP contribution in [0.25, 0.3) is 0 Å². The summed E-state index contributed by atoms with van der Waals surface area (Å²) in [6.07, 6.45) is 10.2. The van der Waals surface area contributed by atoms with E-state index in [0.29, 0.717) is 17.9 Å². The summed E-state index contributed by atoms with van der Waals surface area (Å²) in [6.45, 7) is 1.99. The van der Waals surface area contributed by atoms with E-state index in [2.05, 4.69) is 20.9 Å². The second-order valence-corrected chi connectivity index (χ2v) is 8.05. The van der Waals surface area contributed by atoms with Crippen molar-refractivity contribution in [3.63, 3.8) is 0 Å². The largest absolute Gasteiger partial charge is 0.356 e. The van der Waals surface area contributed by atoms with Crippen molar-refractivity contribution in [1.82, 2.24) is 9.88 Å². The lowest BCUT2D eigenvalue weighted by Gasteiger charge is -2.38. The van der Waals surface area contributed by atoms with Crippen molar-refractivity contribution in [2.24, 2.45) is 17.8 Å². The SMILES string of the molecule is CN(C(=O)C[C@@H]1C[C@H]2CC[C@H]1C2)C1CCN(c2ccccn2)CC1. The molecule has 1 saturated heterocycles. The van der Waals surface area contributed by atoms with Crippen molar-refractivity contribution in [3.05, 3.63) is 24.4 Å². The van der Waals surface area contributed by atoms with Gasteiger partial charge in [0.15, 0.2) is 0 Å². The van der Waals surface area contributed by atoms with E-state index < -0.39 is 0 Å². The first kappa shape index (κ1) is 15.9. The summed E-state index contributed by atoms with van der Waals surface area (Å²) < 4.78 is 0. The fourth-order valence-corrected chi connectivity index (χ4v) is 5.22. The van der Waals surface area contributed by atoms with Gasteiger partial charge in [-0.2, -0.15) is 0 Å². The number of anilines is 1. The Morgan fingerprint density at radius 3 is 2.67 bits per heavy atom. The molecule has 3 fully saturated rings. The fourth-order valence-electron chi connectivity index (χ4n) is 5.22. The lowest BCUT2D eigenvalue weighted by molar-refractivity contribution is -0.133. The van der Waals surface area contributed by atoms with Gasteiger partial charge in [-0.3, -0.25) is 4.79 Å². The standard InChI is InChI=1S/C20H29N3O/c1-22(20(24)14-17-13-15-5-6-16(17)12-15)18-7-10-23(11-8-18)19-4-2-3-9-21-19/h2-4,9,15-18H,5-8,10-14H2,1H3/t15-,16-,17-/m0/s1. The highest BCUT2D eigenvalue weighted by Gasteiger charge is 2.40. The predicted octanol–water partition coefficient (Wildman–Crippen LogP) is 3.34. The maximum absolute atomic E-state index is 12.7. The third-order valence-corrected chi connectivity index (χ3v) is 6.70. The molecule has 1 aromatic heterocycles. The molecular formula is C20H29N3O. The molecule has 0 aromatic carbocycles.